The minimum atomic E-state index is -0.375. The Morgan fingerprint density at radius 1 is 1.11 bits per heavy atom. The van der Waals surface area contributed by atoms with E-state index in [2.05, 4.69) is 26.1 Å². The molecule has 2 amide bonds. The first-order valence-corrected chi connectivity index (χ1v) is 12.3. The van der Waals surface area contributed by atoms with Gasteiger partial charge in [-0.1, -0.05) is 18.9 Å². The molecule has 37 heavy (non-hydrogen) atoms. The molecule has 4 aromatic rings. The van der Waals surface area contributed by atoms with Crippen molar-refractivity contribution in [2.45, 2.75) is 31.6 Å². The Bertz CT molecular complexity index is 1440. The van der Waals surface area contributed by atoms with Crippen molar-refractivity contribution < 1.29 is 9.53 Å². The maximum Gasteiger partial charge on any atom is 0.332 e. The molecule has 6 N–H and O–H groups in total. The highest BCUT2D eigenvalue weighted by molar-refractivity contribution is 6.07. The van der Waals surface area contributed by atoms with Crippen LogP contribution in [0, 0.1) is 0 Å². The van der Waals surface area contributed by atoms with Gasteiger partial charge in [0.15, 0.2) is 11.6 Å². The summed E-state index contributed by atoms with van der Waals surface area (Å²) in [6.07, 6.45) is 4.84. The summed E-state index contributed by atoms with van der Waals surface area (Å²) < 4.78 is 5.29. The van der Waals surface area contributed by atoms with Crippen LogP contribution in [0.2, 0.25) is 0 Å². The number of H-pyrrole nitrogens is 1. The SMILES string of the molecule is COc1cccc(NC(=O)N2c3ccc(cc3)Nc3nc2cc(Nc2cc(C4CCCC4)[nH]n2)c3N)c1. The second-order valence-corrected chi connectivity index (χ2v) is 9.27. The van der Waals surface area contributed by atoms with Crippen LogP contribution >= 0.6 is 0 Å². The number of carbonyl (C=O) groups is 1. The first-order chi connectivity index (χ1) is 18.1. The lowest BCUT2D eigenvalue weighted by atomic mass is 10.0. The van der Waals surface area contributed by atoms with Crippen molar-refractivity contribution in [1.29, 1.82) is 0 Å². The number of nitrogens with two attached hydrogens (primary N) is 1. The fraction of sp³-hybridized carbons (Fsp3) is 0.222. The number of rotatable bonds is 5. The average molecular weight is 497 g/mol. The summed E-state index contributed by atoms with van der Waals surface area (Å²) in [4.78, 5) is 19.8. The van der Waals surface area contributed by atoms with Gasteiger partial charge >= 0.3 is 6.03 Å². The molecule has 0 unspecified atom stereocenters. The molecule has 2 aromatic heterocycles. The maximum absolute atomic E-state index is 13.6. The third kappa shape index (κ3) is 4.49. The zero-order chi connectivity index (χ0) is 25.4. The topological polar surface area (TPSA) is 133 Å². The number of methoxy groups -OCH3 is 1. The van der Waals surface area contributed by atoms with Crippen molar-refractivity contribution in [3.8, 4) is 5.75 Å². The predicted octanol–water partition coefficient (Wildman–Crippen LogP) is 6.22. The molecular formula is C27H28N8O2. The van der Waals surface area contributed by atoms with Crippen LogP contribution in [0.1, 0.15) is 37.3 Å². The van der Waals surface area contributed by atoms with Gasteiger partial charge in [-0.25, -0.2) is 14.7 Å². The van der Waals surface area contributed by atoms with Gasteiger partial charge in [0.25, 0.3) is 0 Å². The van der Waals surface area contributed by atoms with Crippen LogP contribution < -0.4 is 31.3 Å². The van der Waals surface area contributed by atoms with E-state index >= 15 is 0 Å². The molecule has 2 aromatic carbocycles. The van der Waals surface area contributed by atoms with Gasteiger partial charge in [-0.15, -0.1) is 0 Å². The van der Waals surface area contributed by atoms with E-state index in [1.165, 1.54) is 30.6 Å². The first-order valence-electron chi connectivity index (χ1n) is 12.3. The van der Waals surface area contributed by atoms with Crippen molar-refractivity contribution in [3.63, 3.8) is 0 Å². The number of amides is 2. The number of nitrogens with zero attached hydrogens (tertiary/aromatic N) is 3. The normalized spacial score (nSPS) is 14.5. The number of anilines is 8. The molecule has 3 aliphatic rings. The van der Waals surface area contributed by atoms with E-state index in [-0.39, 0.29) is 6.03 Å². The Labute approximate surface area is 214 Å². The smallest absolute Gasteiger partial charge is 0.332 e. The monoisotopic (exact) mass is 496 g/mol. The molecule has 4 bridgehead atoms. The number of aromatic amines is 1. The minimum absolute atomic E-state index is 0.375. The number of nitrogen functional groups attached to an aromatic ring is 1. The quantitative estimate of drug-likeness (QED) is 0.221. The van der Waals surface area contributed by atoms with E-state index in [0.29, 0.717) is 51.9 Å². The number of urea groups is 1. The third-order valence-electron chi connectivity index (χ3n) is 6.84. The van der Waals surface area contributed by atoms with Gasteiger partial charge in [-0.2, -0.15) is 5.10 Å². The summed E-state index contributed by atoms with van der Waals surface area (Å²) in [6.45, 7) is 0. The standard InChI is InChI=1S/C27H28N8O2/c1-37-20-8-4-7-18(13-20)30-27(36)35-19-11-9-17(10-12-19)29-26-25(28)22(15-24(35)32-26)31-23-14-21(33-34-23)16-5-2-3-6-16/h4,7-16H,2-3,5-6,28H2,1H3,(H,30,36)(H3,29,31,32,33,34). The number of hydrogen-bond acceptors (Lipinski definition) is 7. The van der Waals surface area contributed by atoms with Gasteiger partial charge in [-0.05, 0) is 49.2 Å². The van der Waals surface area contributed by atoms with Crippen LogP contribution in [0.4, 0.5) is 50.7 Å². The number of hydrogen-bond donors (Lipinski definition) is 5. The summed E-state index contributed by atoms with van der Waals surface area (Å²) in [5.41, 5.74) is 10.7. The van der Waals surface area contributed by atoms with Crippen LogP contribution in [-0.2, 0) is 0 Å². The van der Waals surface area contributed by atoms with E-state index in [1.54, 1.807) is 25.3 Å². The predicted molar refractivity (Wildman–Crippen MR) is 146 cm³/mol. The van der Waals surface area contributed by atoms with Gasteiger partial charge < -0.3 is 26.4 Å². The number of pyridine rings is 1. The van der Waals surface area contributed by atoms with E-state index in [0.717, 1.165) is 11.4 Å². The summed E-state index contributed by atoms with van der Waals surface area (Å²) in [6, 6.07) is 18.1. The number of nitrogens with one attached hydrogen (secondary N) is 4. The molecule has 0 radical (unpaired) electrons. The Kier molecular flexibility index (Phi) is 5.76. The zero-order valence-corrected chi connectivity index (χ0v) is 20.4. The fourth-order valence-corrected chi connectivity index (χ4v) is 4.90. The molecule has 0 atom stereocenters. The van der Waals surface area contributed by atoms with Crippen molar-refractivity contribution >= 4 is 51.9 Å². The molecule has 2 aliphatic heterocycles. The van der Waals surface area contributed by atoms with Gasteiger partial charge in [0, 0.05) is 41.2 Å². The lowest BCUT2D eigenvalue weighted by Crippen LogP contribution is -2.31. The Morgan fingerprint density at radius 3 is 2.70 bits per heavy atom. The lowest BCUT2D eigenvalue weighted by molar-refractivity contribution is 0.259. The molecule has 0 saturated heterocycles. The van der Waals surface area contributed by atoms with Crippen LogP contribution in [0.3, 0.4) is 0 Å². The van der Waals surface area contributed by atoms with Crippen molar-refractivity contribution in [2.24, 2.45) is 0 Å². The highest BCUT2D eigenvalue weighted by Crippen LogP contribution is 2.39. The zero-order valence-electron chi connectivity index (χ0n) is 20.4. The molecule has 10 heteroatoms. The van der Waals surface area contributed by atoms with Gasteiger partial charge in [0.2, 0.25) is 0 Å². The minimum Gasteiger partial charge on any atom is -0.497 e. The van der Waals surface area contributed by atoms with Crippen LogP contribution in [0.25, 0.3) is 0 Å². The molecular weight excluding hydrogens is 468 g/mol. The van der Waals surface area contributed by atoms with Gasteiger partial charge in [0.1, 0.15) is 11.6 Å². The van der Waals surface area contributed by atoms with Crippen LogP contribution in [-0.4, -0.2) is 28.3 Å². The number of aromatic nitrogens is 3. The van der Waals surface area contributed by atoms with Gasteiger partial charge in [0.05, 0.1) is 24.2 Å². The summed E-state index contributed by atoms with van der Waals surface area (Å²) in [5, 5.41) is 17.2. The Balaban J connectivity index is 1.36. The van der Waals surface area contributed by atoms with Crippen LogP contribution in [0.5, 0.6) is 5.75 Å². The molecule has 4 heterocycles. The summed E-state index contributed by atoms with van der Waals surface area (Å²) >= 11 is 0. The maximum atomic E-state index is 13.6. The fourth-order valence-electron chi connectivity index (χ4n) is 4.90. The van der Waals surface area contributed by atoms with E-state index in [9.17, 15) is 4.79 Å². The summed E-state index contributed by atoms with van der Waals surface area (Å²) in [5.74, 6) is 2.66. The van der Waals surface area contributed by atoms with E-state index < -0.39 is 0 Å². The Hall–Kier alpha value is -4.73. The first kappa shape index (κ1) is 22.7. The molecule has 1 fully saturated rings. The molecule has 7 rings (SSSR count). The Morgan fingerprint density at radius 2 is 1.92 bits per heavy atom. The highest BCUT2D eigenvalue weighted by Gasteiger charge is 2.25. The number of benzene rings is 2. The highest BCUT2D eigenvalue weighted by atomic mass is 16.5. The molecule has 1 saturated carbocycles. The van der Waals surface area contributed by atoms with Crippen LogP contribution in [0.15, 0.2) is 60.7 Å². The number of fused-ring (bicyclic) bond motifs is 2. The van der Waals surface area contributed by atoms with E-state index in [1.807, 2.05) is 42.5 Å². The van der Waals surface area contributed by atoms with Crippen molar-refractivity contribution in [3.05, 3.63) is 66.4 Å². The second kappa shape index (κ2) is 9.38. The third-order valence-corrected chi connectivity index (χ3v) is 6.84. The largest absolute Gasteiger partial charge is 0.497 e. The van der Waals surface area contributed by atoms with Crippen molar-refractivity contribution in [1.82, 2.24) is 15.2 Å². The lowest BCUT2D eigenvalue weighted by Gasteiger charge is -2.23. The van der Waals surface area contributed by atoms with E-state index in [4.69, 9.17) is 15.5 Å². The molecule has 0 spiro atoms. The average Bonchev–Trinajstić information content (AvgIpc) is 3.61. The second-order valence-electron chi connectivity index (χ2n) is 9.27. The molecule has 1 aliphatic carbocycles. The summed E-state index contributed by atoms with van der Waals surface area (Å²) in [7, 11) is 1.59. The number of ether oxygens (including phenoxy) is 1. The molecule has 188 valence electrons. The molecule has 10 nitrogen and oxygen atoms in total. The number of carbonyl (C=O) groups excluding carboxylic acids is 1. The van der Waals surface area contributed by atoms with Gasteiger partial charge in [-0.3, -0.25) is 5.10 Å². The van der Waals surface area contributed by atoms with Crippen molar-refractivity contribution in [2.75, 3.05) is 33.7 Å².